The van der Waals surface area contributed by atoms with Crippen molar-refractivity contribution in [1.82, 2.24) is 10.2 Å². The predicted octanol–water partition coefficient (Wildman–Crippen LogP) is 3.92. The zero-order valence-electron chi connectivity index (χ0n) is 13.7. The number of nitrogens with one attached hydrogen (secondary N) is 1. The summed E-state index contributed by atoms with van der Waals surface area (Å²) in [5.74, 6) is 0.810. The van der Waals surface area contributed by atoms with Gasteiger partial charge in [-0.2, -0.15) is 0 Å². The van der Waals surface area contributed by atoms with Gasteiger partial charge in [-0.1, -0.05) is 51.1 Å². The molecule has 0 radical (unpaired) electrons. The van der Waals surface area contributed by atoms with Gasteiger partial charge in [0.05, 0.1) is 0 Å². The number of nitrogens with zero attached hydrogens (tertiary/aromatic N) is 1. The molecule has 0 aliphatic rings. The Kier molecular flexibility index (Phi) is 8.56. The molecule has 1 aromatic carbocycles. The first-order valence-corrected chi connectivity index (χ1v) is 8.11. The highest BCUT2D eigenvalue weighted by Gasteiger charge is 2.06. The summed E-state index contributed by atoms with van der Waals surface area (Å²) in [5, 5.41) is 3.65. The van der Waals surface area contributed by atoms with Crippen LogP contribution in [0.2, 0.25) is 0 Å². The van der Waals surface area contributed by atoms with E-state index in [1.165, 1.54) is 18.4 Å². The molecule has 0 aliphatic carbocycles. The Morgan fingerprint density at radius 1 is 1.05 bits per heavy atom. The largest absolute Gasteiger partial charge is 0.313 e. The quantitative estimate of drug-likeness (QED) is 0.697. The van der Waals surface area contributed by atoms with Crippen LogP contribution in [0.1, 0.15) is 46.1 Å². The van der Waals surface area contributed by atoms with Gasteiger partial charge in [-0.3, -0.25) is 4.90 Å². The van der Waals surface area contributed by atoms with Crippen molar-refractivity contribution in [3.05, 3.63) is 35.9 Å². The highest BCUT2D eigenvalue weighted by atomic mass is 15.1. The maximum Gasteiger partial charge on any atom is 0.0234 e. The Labute approximate surface area is 125 Å². The van der Waals surface area contributed by atoms with Crippen molar-refractivity contribution in [2.75, 3.05) is 19.6 Å². The summed E-state index contributed by atoms with van der Waals surface area (Å²) in [6.45, 7) is 13.5. The van der Waals surface area contributed by atoms with Crippen molar-refractivity contribution >= 4 is 0 Å². The van der Waals surface area contributed by atoms with Crippen molar-refractivity contribution in [3.8, 4) is 0 Å². The first-order valence-electron chi connectivity index (χ1n) is 8.11. The predicted molar refractivity (Wildman–Crippen MR) is 88.9 cm³/mol. The smallest absolute Gasteiger partial charge is 0.0234 e. The molecule has 0 saturated heterocycles. The fraction of sp³-hybridized carbons (Fsp3) is 0.667. The molecule has 0 aromatic heterocycles. The summed E-state index contributed by atoms with van der Waals surface area (Å²) < 4.78 is 0. The van der Waals surface area contributed by atoms with Gasteiger partial charge < -0.3 is 5.32 Å². The molecule has 1 atom stereocenters. The SMILES string of the molecule is CCN(CCNC(C)CCC(C)C)Cc1ccccc1. The van der Waals surface area contributed by atoms with E-state index in [2.05, 4.69) is 68.2 Å². The van der Waals surface area contributed by atoms with Crippen LogP contribution >= 0.6 is 0 Å². The Balaban J connectivity index is 2.21. The standard InChI is InChI=1S/C18H32N2/c1-5-20(15-18-9-7-6-8-10-18)14-13-19-17(4)12-11-16(2)3/h6-10,16-17,19H,5,11-15H2,1-4H3. The minimum absolute atomic E-state index is 0.632. The van der Waals surface area contributed by atoms with Crippen molar-refractivity contribution < 1.29 is 0 Å². The second kappa shape index (κ2) is 9.95. The van der Waals surface area contributed by atoms with Gasteiger partial charge in [-0.25, -0.2) is 0 Å². The maximum absolute atomic E-state index is 3.65. The van der Waals surface area contributed by atoms with Crippen LogP contribution in [0, 0.1) is 5.92 Å². The molecular weight excluding hydrogens is 244 g/mol. The Morgan fingerprint density at radius 2 is 1.75 bits per heavy atom. The average molecular weight is 276 g/mol. The molecule has 1 N–H and O–H groups in total. The van der Waals surface area contributed by atoms with E-state index in [4.69, 9.17) is 0 Å². The molecule has 0 amide bonds. The first kappa shape index (κ1) is 17.2. The number of rotatable bonds is 10. The van der Waals surface area contributed by atoms with Crippen LogP contribution in [0.4, 0.5) is 0 Å². The summed E-state index contributed by atoms with van der Waals surface area (Å²) >= 11 is 0. The Hall–Kier alpha value is -0.860. The summed E-state index contributed by atoms with van der Waals surface area (Å²) in [6, 6.07) is 11.4. The monoisotopic (exact) mass is 276 g/mol. The highest BCUT2D eigenvalue weighted by molar-refractivity contribution is 5.14. The van der Waals surface area contributed by atoms with Crippen molar-refractivity contribution in [2.45, 2.75) is 53.1 Å². The van der Waals surface area contributed by atoms with Crippen LogP contribution in [0.25, 0.3) is 0 Å². The molecule has 1 aromatic rings. The third kappa shape index (κ3) is 7.66. The van der Waals surface area contributed by atoms with E-state index < -0.39 is 0 Å². The number of likely N-dealkylation sites (N-methyl/N-ethyl adjacent to an activating group) is 1. The lowest BCUT2D eigenvalue weighted by Gasteiger charge is -2.22. The minimum Gasteiger partial charge on any atom is -0.313 e. The summed E-state index contributed by atoms with van der Waals surface area (Å²) in [4.78, 5) is 2.50. The van der Waals surface area contributed by atoms with Crippen LogP contribution in [0.5, 0.6) is 0 Å². The summed E-state index contributed by atoms with van der Waals surface area (Å²) in [5.41, 5.74) is 1.40. The van der Waals surface area contributed by atoms with Gasteiger partial charge in [0.25, 0.3) is 0 Å². The average Bonchev–Trinajstić information content (AvgIpc) is 2.45. The fourth-order valence-electron chi connectivity index (χ4n) is 2.35. The third-order valence-corrected chi connectivity index (χ3v) is 3.79. The maximum atomic E-state index is 3.65. The van der Waals surface area contributed by atoms with Crippen molar-refractivity contribution in [2.24, 2.45) is 5.92 Å². The lowest BCUT2D eigenvalue weighted by atomic mass is 10.0. The van der Waals surface area contributed by atoms with E-state index in [9.17, 15) is 0 Å². The Bertz CT molecular complexity index is 335. The van der Waals surface area contributed by atoms with Gasteiger partial charge in [-0.05, 0) is 37.8 Å². The van der Waals surface area contributed by atoms with Crippen LogP contribution in [0.3, 0.4) is 0 Å². The van der Waals surface area contributed by atoms with Gasteiger partial charge in [0, 0.05) is 25.7 Å². The minimum atomic E-state index is 0.632. The molecule has 0 spiro atoms. The third-order valence-electron chi connectivity index (χ3n) is 3.79. The molecule has 1 rings (SSSR count). The Morgan fingerprint density at radius 3 is 2.35 bits per heavy atom. The van der Waals surface area contributed by atoms with Crippen LogP contribution in [0.15, 0.2) is 30.3 Å². The second-order valence-electron chi connectivity index (χ2n) is 6.18. The number of benzene rings is 1. The molecular formula is C18H32N2. The van der Waals surface area contributed by atoms with E-state index in [-0.39, 0.29) is 0 Å². The van der Waals surface area contributed by atoms with Crippen LogP contribution in [-0.4, -0.2) is 30.6 Å². The van der Waals surface area contributed by atoms with E-state index in [0.29, 0.717) is 6.04 Å². The first-order chi connectivity index (χ1) is 9.61. The molecule has 20 heavy (non-hydrogen) atoms. The van der Waals surface area contributed by atoms with E-state index in [0.717, 1.165) is 32.1 Å². The topological polar surface area (TPSA) is 15.3 Å². The molecule has 0 saturated carbocycles. The molecule has 1 unspecified atom stereocenters. The van der Waals surface area contributed by atoms with Crippen LogP contribution < -0.4 is 5.32 Å². The molecule has 2 nitrogen and oxygen atoms in total. The van der Waals surface area contributed by atoms with E-state index in [1.54, 1.807) is 0 Å². The van der Waals surface area contributed by atoms with Gasteiger partial charge in [0.2, 0.25) is 0 Å². The van der Waals surface area contributed by atoms with E-state index in [1.807, 2.05) is 0 Å². The second-order valence-corrected chi connectivity index (χ2v) is 6.18. The molecule has 2 heteroatoms. The number of hydrogen-bond acceptors (Lipinski definition) is 2. The lowest BCUT2D eigenvalue weighted by molar-refractivity contribution is 0.273. The van der Waals surface area contributed by atoms with Crippen molar-refractivity contribution in [3.63, 3.8) is 0 Å². The molecule has 0 heterocycles. The molecule has 0 bridgehead atoms. The van der Waals surface area contributed by atoms with Gasteiger partial charge in [0.1, 0.15) is 0 Å². The summed E-state index contributed by atoms with van der Waals surface area (Å²) in [7, 11) is 0. The molecule has 0 fully saturated rings. The zero-order chi connectivity index (χ0) is 14.8. The van der Waals surface area contributed by atoms with Gasteiger partial charge >= 0.3 is 0 Å². The lowest BCUT2D eigenvalue weighted by Crippen LogP contribution is -2.35. The zero-order valence-corrected chi connectivity index (χ0v) is 13.7. The van der Waals surface area contributed by atoms with Gasteiger partial charge in [0.15, 0.2) is 0 Å². The van der Waals surface area contributed by atoms with Crippen molar-refractivity contribution in [1.29, 1.82) is 0 Å². The fourth-order valence-corrected chi connectivity index (χ4v) is 2.35. The normalized spacial score (nSPS) is 13.1. The molecule has 114 valence electrons. The summed E-state index contributed by atoms with van der Waals surface area (Å²) in [6.07, 6.45) is 2.60. The van der Waals surface area contributed by atoms with Gasteiger partial charge in [-0.15, -0.1) is 0 Å². The number of hydrogen-bond donors (Lipinski definition) is 1. The van der Waals surface area contributed by atoms with E-state index >= 15 is 0 Å². The molecule has 0 aliphatic heterocycles. The highest BCUT2D eigenvalue weighted by Crippen LogP contribution is 2.06. The van der Waals surface area contributed by atoms with Crippen LogP contribution in [-0.2, 0) is 6.54 Å².